The fourth-order valence-electron chi connectivity index (χ4n) is 1.01. The number of hydrogen-bond donors (Lipinski definition) is 0. The van der Waals surface area contributed by atoms with Crippen molar-refractivity contribution in [2.45, 2.75) is 18.7 Å². The Balaban J connectivity index is 2.69. The number of halogens is 2. The summed E-state index contributed by atoms with van der Waals surface area (Å²) in [6.07, 6.45) is 0.539. The number of Topliss-reactive ketones (excluding diaryl/α,β-unsaturated/α-hetero) is 1. The van der Waals surface area contributed by atoms with Crippen molar-refractivity contribution in [3.63, 3.8) is 0 Å². The van der Waals surface area contributed by atoms with E-state index in [2.05, 4.69) is 0 Å². The lowest BCUT2D eigenvalue weighted by Crippen LogP contribution is -2.13. The number of rotatable bonds is 3. The van der Waals surface area contributed by atoms with E-state index in [4.69, 9.17) is 23.2 Å². The van der Waals surface area contributed by atoms with Gasteiger partial charge in [-0.05, 0) is 31.0 Å². The molecule has 70 valence electrons. The minimum atomic E-state index is -0.446. The van der Waals surface area contributed by atoms with Crippen molar-refractivity contribution >= 4 is 29.0 Å². The molecule has 0 spiro atoms. The van der Waals surface area contributed by atoms with Crippen LogP contribution in [0, 0.1) is 0 Å². The second-order valence-corrected chi connectivity index (χ2v) is 3.88. The van der Waals surface area contributed by atoms with Crippen molar-refractivity contribution in [3.05, 3.63) is 34.9 Å². The maximum atomic E-state index is 10.9. The second kappa shape index (κ2) is 4.64. The topological polar surface area (TPSA) is 17.1 Å². The number of alkyl halides is 1. The summed E-state index contributed by atoms with van der Waals surface area (Å²) in [5.74, 6) is -0.0124. The number of carbonyl (C=O) groups excluding carboxylic acids is 1. The van der Waals surface area contributed by atoms with Gasteiger partial charge in [0.25, 0.3) is 0 Å². The van der Waals surface area contributed by atoms with Gasteiger partial charge in [-0.25, -0.2) is 0 Å². The molecule has 1 nitrogen and oxygen atoms in total. The lowest BCUT2D eigenvalue weighted by molar-refractivity contribution is -0.116. The van der Waals surface area contributed by atoms with Crippen LogP contribution in [0.3, 0.4) is 0 Å². The number of hydrogen-bond acceptors (Lipinski definition) is 1. The molecule has 1 atom stereocenters. The second-order valence-electron chi connectivity index (χ2n) is 2.91. The van der Waals surface area contributed by atoms with Crippen LogP contribution >= 0.6 is 23.2 Å². The summed E-state index contributed by atoms with van der Waals surface area (Å²) < 4.78 is 0. The van der Waals surface area contributed by atoms with Crippen LogP contribution in [0.1, 0.15) is 12.5 Å². The summed E-state index contributed by atoms with van der Waals surface area (Å²) >= 11 is 11.6. The Morgan fingerprint density at radius 3 is 2.77 bits per heavy atom. The molecular weight excluding hydrogens is 207 g/mol. The SMILES string of the molecule is CC(=O)C(Cl)Cc1cccc(Cl)c1. The van der Waals surface area contributed by atoms with Crippen LogP contribution in [-0.4, -0.2) is 11.2 Å². The average Bonchev–Trinajstić information content (AvgIpc) is 2.04. The monoisotopic (exact) mass is 216 g/mol. The molecule has 3 heteroatoms. The molecule has 1 aromatic rings. The fourth-order valence-corrected chi connectivity index (χ4v) is 1.41. The van der Waals surface area contributed by atoms with Gasteiger partial charge in [-0.3, -0.25) is 4.79 Å². The lowest BCUT2D eigenvalue weighted by atomic mass is 10.1. The fraction of sp³-hybridized carbons (Fsp3) is 0.300. The number of benzene rings is 1. The average molecular weight is 217 g/mol. The highest BCUT2D eigenvalue weighted by atomic mass is 35.5. The first kappa shape index (κ1) is 10.6. The quantitative estimate of drug-likeness (QED) is 0.711. The zero-order chi connectivity index (χ0) is 9.84. The molecule has 0 N–H and O–H groups in total. The Labute approximate surface area is 87.7 Å². The van der Waals surface area contributed by atoms with Gasteiger partial charge in [-0.2, -0.15) is 0 Å². The van der Waals surface area contributed by atoms with E-state index in [1.807, 2.05) is 18.2 Å². The highest BCUT2D eigenvalue weighted by Gasteiger charge is 2.10. The summed E-state index contributed by atoms with van der Waals surface area (Å²) in [5.41, 5.74) is 0.989. The summed E-state index contributed by atoms with van der Waals surface area (Å²) in [6.45, 7) is 1.49. The van der Waals surface area contributed by atoms with Crippen molar-refractivity contribution in [3.8, 4) is 0 Å². The van der Waals surface area contributed by atoms with Gasteiger partial charge < -0.3 is 0 Å². The Morgan fingerprint density at radius 1 is 1.54 bits per heavy atom. The molecule has 0 aliphatic carbocycles. The summed E-state index contributed by atoms with van der Waals surface area (Å²) in [7, 11) is 0. The van der Waals surface area contributed by atoms with Gasteiger partial charge in [0, 0.05) is 5.02 Å². The van der Waals surface area contributed by atoms with Crippen molar-refractivity contribution in [1.82, 2.24) is 0 Å². The van der Waals surface area contributed by atoms with Crippen molar-refractivity contribution in [2.24, 2.45) is 0 Å². The molecule has 0 amide bonds. The Kier molecular flexibility index (Phi) is 3.76. The zero-order valence-electron chi connectivity index (χ0n) is 7.26. The smallest absolute Gasteiger partial charge is 0.147 e. The first-order chi connectivity index (χ1) is 6.09. The Hall–Kier alpha value is -0.530. The normalized spacial score (nSPS) is 12.5. The van der Waals surface area contributed by atoms with Crippen LogP contribution in [0.2, 0.25) is 5.02 Å². The van der Waals surface area contributed by atoms with E-state index in [0.717, 1.165) is 5.56 Å². The molecular formula is C10H10Cl2O. The predicted octanol–water partition coefficient (Wildman–Crippen LogP) is 3.08. The molecule has 0 bridgehead atoms. The third-order valence-electron chi connectivity index (χ3n) is 1.75. The van der Waals surface area contributed by atoms with Crippen molar-refractivity contribution < 1.29 is 4.79 Å². The van der Waals surface area contributed by atoms with E-state index in [-0.39, 0.29) is 5.78 Å². The van der Waals surface area contributed by atoms with Gasteiger partial charge in [0.05, 0.1) is 5.38 Å². The molecule has 0 saturated carbocycles. The van der Waals surface area contributed by atoms with Crippen LogP contribution in [0.5, 0.6) is 0 Å². The van der Waals surface area contributed by atoms with Crippen LogP contribution in [0.4, 0.5) is 0 Å². The van der Waals surface area contributed by atoms with E-state index in [0.29, 0.717) is 11.4 Å². The molecule has 0 aromatic heterocycles. The van der Waals surface area contributed by atoms with Gasteiger partial charge in [-0.15, -0.1) is 11.6 Å². The highest BCUT2D eigenvalue weighted by Crippen LogP contribution is 2.14. The van der Waals surface area contributed by atoms with E-state index < -0.39 is 5.38 Å². The molecule has 1 unspecified atom stereocenters. The van der Waals surface area contributed by atoms with Crippen molar-refractivity contribution in [1.29, 1.82) is 0 Å². The highest BCUT2D eigenvalue weighted by molar-refractivity contribution is 6.31. The molecule has 0 fully saturated rings. The first-order valence-electron chi connectivity index (χ1n) is 3.98. The molecule has 1 rings (SSSR count). The Bertz CT molecular complexity index is 310. The maximum absolute atomic E-state index is 10.9. The summed E-state index contributed by atoms with van der Waals surface area (Å²) in [5, 5.41) is 0.225. The predicted molar refractivity (Wildman–Crippen MR) is 55.5 cm³/mol. The number of carbonyl (C=O) groups is 1. The van der Waals surface area contributed by atoms with Gasteiger partial charge in [-0.1, -0.05) is 23.7 Å². The first-order valence-corrected chi connectivity index (χ1v) is 4.80. The van der Waals surface area contributed by atoms with Crippen LogP contribution in [-0.2, 0) is 11.2 Å². The number of ketones is 1. The van der Waals surface area contributed by atoms with Crippen LogP contribution in [0.25, 0.3) is 0 Å². The largest absolute Gasteiger partial charge is 0.298 e. The minimum absolute atomic E-state index is 0.0124. The van der Waals surface area contributed by atoms with Gasteiger partial charge in [0.15, 0.2) is 0 Å². The van der Waals surface area contributed by atoms with E-state index >= 15 is 0 Å². The van der Waals surface area contributed by atoms with Gasteiger partial charge in [0.2, 0.25) is 0 Å². The van der Waals surface area contributed by atoms with Crippen LogP contribution < -0.4 is 0 Å². The van der Waals surface area contributed by atoms with E-state index in [9.17, 15) is 4.79 Å². The third-order valence-corrected chi connectivity index (χ3v) is 2.44. The molecule has 0 radical (unpaired) electrons. The van der Waals surface area contributed by atoms with E-state index in [1.165, 1.54) is 6.92 Å². The molecule has 0 aliphatic heterocycles. The minimum Gasteiger partial charge on any atom is -0.298 e. The summed E-state index contributed by atoms with van der Waals surface area (Å²) in [4.78, 5) is 10.9. The standard InChI is InChI=1S/C10H10Cl2O/c1-7(13)10(12)6-8-3-2-4-9(11)5-8/h2-5,10H,6H2,1H3. The van der Waals surface area contributed by atoms with Crippen molar-refractivity contribution in [2.75, 3.05) is 0 Å². The Morgan fingerprint density at radius 2 is 2.23 bits per heavy atom. The van der Waals surface area contributed by atoms with Gasteiger partial charge >= 0.3 is 0 Å². The molecule has 1 aromatic carbocycles. The molecule has 0 saturated heterocycles. The molecule has 0 heterocycles. The molecule has 0 aliphatic rings. The zero-order valence-corrected chi connectivity index (χ0v) is 8.77. The van der Waals surface area contributed by atoms with Gasteiger partial charge in [0.1, 0.15) is 5.78 Å². The lowest BCUT2D eigenvalue weighted by Gasteiger charge is -2.05. The maximum Gasteiger partial charge on any atom is 0.147 e. The summed E-state index contributed by atoms with van der Waals surface area (Å²) in [6, 6.07) is 7.37. The van der Waals surface area contributed by atoms with E-state index in [1.54, 1.807) is 6.07 Å². The third kappa shape index (κ3) is 3.37. The van der Waals surface area contributed by atoms with Crippen LogP contribution in [0.15, 0.2) is 24.3 Å². The molecule has 13 heavy (non-hydrogen) atoms.